The van der Waals surface area contributed by atoms with Crippen LogP contribution < -0.4 is 20.3 Å². The van der Waals surface area contributed by atoms with Gasteiger partial charge in [0.1, 0.15) is 17.8 Å². The summed E-state index contributed by atoms with van der Waals surface area (Å²) in [6.07, 6.45) is 1.16. The zero-order valence-electron chi connectivity index (χ0n) is 21.9. The van der Waals surface area contributed by atoms with Gasteiger partial charge < -0.3 is 30.3 Å². The molecule has 0 aliphatic carbocycles. The smallest absolute Gasteiger partial charge is 0.294 e. The van der Waals surface area contributed by atoms with Crippen LogP contribution in [0.4, 0.5) is 43.4 Å². The van der Waals surface area contributed by atoms with Crippen molar-refractivity contribution in [2.45, 2.75) is 19.4 Å². The first-order chi connectivity index (χ1) is 17.8. The first kappa shape index (κ1) is 28.4. The Kier molecular flexibility index (Phi) is 8.58. The number of rotatable bonds is 11. The van der Waals surface area contributed by atoms with Crippen molar-refractivity contribution >= 4 is 34.6 Å². The number of halogens is 2. The van der Waals surface area contributed by atoms with Crippen LogP contribution in [0.1, 0.15) is 19.4 Å². The predicted molar refractivity (Wildman–Crippen MR) is 139 cm³/mol. The highest BCUT2D eigenvalue weighted by atomic mass is 19.2. The molecule has 2 aromatic carbocycles. The second-order valence-electron chi connectivity index (χ2n) is 9.25. The molecule has 0 radical (unpaired) electrons. The summed E-state index contributed by atoms with van der Waals surface area (Å²) >= 11 is 0. The number of nitro benzene ring substituents is 1. The highest BCUT2D eigenvalue weighted by molar-refractivity contribution is 5.76. The Morgan fingerprint density at radius 2 is 1.71 bits per heavy atom. The van der Waals surface area contributed by atoms with Crippen molar-refractivity contribution in [2.24, 2.45) is 0 Å². The molecule has 0 amide bonds. The van der Waals surface area contributed by atoms with Crippen molar-refractivity contribution in [1.29, 1.82) is 0 Å². The summed E-state index contributed by atoms with van der Waals surface area (Å²) in [5.41, 5.74) is -1.53. The van der Waals surface area contributed by atoms with Crippen molar-refractivity contribution in [1.82, 2.24) is 19.9 Å². The molecule has 14 heteroatoms. The van der Waals surface area contributed by atoms with Crippen molar-refractivity contribution in [3.8, 4) is 5.75 Å². The quantitative estimate of drug-likeness (QED) is 0.245. The fraction of sp³-hybridized carbons (Fsp3) is 0.375. The van der Waals surface area contributed by atoms with Gasteiger partial charge in [-0.15, -0.1) is 0 Å². The fourth-order valence-electron chi connectivity index (χ4n) is 3.66. The minimum atomic E-state index is -1.71. The van der Waals surface area contributed by atoms with E-state index in [1.54, 1.807) is 18.0 Å². The number of aromatic nitrogens is 3. The summed E-state index contributed by atoms with van der Waals surface area (Å²) in [5.74, 6) is -2.07. The molecule has 204 valence electrons. The van der Waals surface area contributed by atoms with Crippen LogP contribution in [0.15, 0.2) is 30.6 Å². The molecule has 0 atom stereocenters. The molecule has 1 heterocycles. The Morgan fingerprint density at radius 1 is 1.08 bits per heavy atom. The third-order valence-corrected chi connectivity index (χ3v) is 5.56. The van der Waals surface area contributed by atoms with Crippen molar-refractivity contribution < 1.29 is 23.5 Å². The summed E-state index contributed by atoms with van der Waals surface area (Å²) in [6.45, 7) is 3.86. The van der Waals surface area contributed by atoms with Crippen LogP contribution in [-0.4, -0.2) is 71.2 Å². The number of likely N-dealkylation sites (N-methyl/N-ethyl adjacent to an activating group) is 2. The van der Waals surface area contributed by atoms with Crippen molar-refractivity contribution in [3.05, 3.63) is 57.9 Å². The molecule has 0 saturated heterocycles. The highest BCUT2D eigenvalue weighted by Gasteiger charge is 2.27. The van der Waals surface area contributed by atoms with Crippen LogP contribution in [0.3, 0.4) is 0 Å². The molecule has 0 bridgehead atoms. The molecule has 0 aliphatic rings. The molecular formula is C24H30F2N8O4. The Labute approximate surface area is 218 Å². The van der Waals surface area contributed by atoms with Crippen LogP contribution in [-0.2, 0) is 5.60 Å². The maximum Gasteiger partial charge on any atom is 0.294 e. The van der Waals surface area contributed by atoms with Gasteiger partial charge in [0.05, 0.1) is 29.0 Å². The van der Waals surface area contributed by atoms with E-state index in [1.807, 2.05) is 19.0 Å². The maximum absolute atomic E-state index is 14.5. The Morgan fingerprint density at radius 3 is 2.26 bits per heavy atom. The predicted octanol–water partition coefficient (Wildman–Crippen LogP) is 3.78. The number of aliphatic hydroxyl groups is 1. The number of nitro groups is 1. The molecule has 0 fully saturated rings. The van der Waals surface area contributed by atoms with Crippen LogP contribution in [0.5, 0.6) is 5.75 Å². The molecule has 3 aromatic rings. The number of nitrogens with zero attached hydrogens (tertiary/aromatic N) is 6. The number of anilines is 5. The zero-order chi connectivity index (χ0) is 28.2. The minimum absolute atomic E-state index is 0.00352. The Bertz CT molecular complexity index is 1320. The lowest BCUT2D eigenvalue weighted by molar-refractivity contribution is -0.384. The van der Waals surface area contributed by atoms with Gasteiger partial charge in [-0.05, 0) is 40.1 Å². The summed E-state index contributed by atoms with van der Waals surface area (Å²) in [7, 11) is 7.00. The van der Waals surface area contributed by atoms with Gasteiger partial charge in [-0.2, -0.15) is 4.98 Å². The van der Waals surface area contributed by atoms with Gasteiger partial charge in [-0.25, -0.2) is 18.7 Å². The molecule has 3 rings (SSSR count). The summed E-state index contributed by atoms with van der Waals surface area (Å²) in [6, 6.07) is 5.03. The number of benzene rings is 2. The van der Waals surface area contributed by atoms with E-state index in [0.717, 1.165) is 12.4 Å². The molecule has 0 saturated carbocycles. The molecule has 38 heavy (non-hydrogen) atoms. The molecular weight excluding hydrogens is 502 g/mol. The lowest BCUT2D eigenvalue weighted by atomic mass is 9.95. The minimum Gasteiger partial charge on any atom is -0.494 e. The van der Waals surface area contributed by atoms with Gasteiger partial charge in [0.2, 0.25) is 11.9 Å². The zero-order valence-corrected chi connectivity index (χ0v) is 21.9. The van der Waals surface area contributed by atoms with Crippen LogP contribution >= 0.6 is 0 Å². The van der Waals surface area contributed by atoms with Crippen molar-refractivity contribution in [2.75, 3.05) is 56.9 Å². The van der Waals surface area contributed by atoms with E-state index in [1.165, 1.54) is 33.1 Å². The number of hydrogen-bond donors (Lipinski definition) is 3. The van der Waals surface area contributed by atoms with Gasteiger partial charge in [-0.3, -0.25) is 10.1 Å². The van der Waals surface area contributed by atoms with Gasteiger partial charge in [0, 0.05) is 37.8 Å². The van der Waals surface area contributed by atoms with Crippen LogP contribution in [0, 0.1) is 21.7 Å². The average molecular weight is 533 g/mol. The van der Waals surface area contributed by atoms with E-state index in [9.17, 15) is 24.0 Å². The largest absolute Gasteiger partial charge is 0.494 e. The van der Waals surface area contributed by atoms with E-state index in [-0.39, 0.29) is 34.5 Å². The normalized spacial score (nSPS) is 11.4. The number of methoxy groups -OCH3 is 1. The Balaban J connectivity index is 1.94. The van der Waals surface area contributed by atoms with E-state index in [0.29, 0.717) is 24.5 Å². The fourth-order valence-corrected chi connectivity index (χ4v) is 3.66. The second kappa shape index (κ2) is 11.5. The van der Waals surface area contributed by atoms with E-state index in [4.69, 9.17) is 4.74 Å². The third kappa shape index (κ3) is 6.58. The van der Waals surface area contributed by atoms with Crippen LogP contribution in [0.2, 0.25) is 0 Å². The van der Waals surface area contributed by atoms with E-state index in [2.05, 4.69) is 25.6 Å². The number of hydrogen-bond acceptors (Lipinski definition) is 11. The molecule has 3 N–H and O–H groups in total. The molecule has 0 unspecified atom stereocenters. The van der Waals surface area contributed by atoms with Crippen LogP contribution in [0.25, 0.3) is 0 Å². The monoisotopic (exact) mass is 532 g/mol. The standard InChI is InChI=1S/C24H30F2N8O4/c1-24(2,35)20-15(8-7-14(25)21(20)26)29-22-27-13-28-23(31-22)30-16-11-18(34(36)37)17(12-19(16)38-6)33(5)10-9-32(3)4/h7-8,11-13,35H,9-10H2,1-6H3,(H2,27,28,29,30,31). The maximum atomic E-state index is 14.5. The highest BCUT2D eigenvalue weighted by Crippen LogP contribution is 2.39. The van der Waals surface area contributed by atoms with Gasteiger partial charge >= 0.3 is 0 Å². The van der Waals surface area contributed by atoms with Crippen molar-refractivity contribution in [3.63, 3.8) is 0 Å². The SMILES string of the molecule is COc1cc(N(C)CCN(C)C)c([N+](=O)[O-])cc1Nc1ncnc(Nc2ccc(F)c(F)c2C(C)(C)O)n1. The first-order valence-corrected chi connectivity index (χ1v) is 11.5. The summed E-state index contributed by atoms with van der Waals surface area (Å²) in [4.78, 5) is 27.3. The lowest BCUT2D eigenvalue weighted by Gasteiger charge is -2.23. The summed E-state index contributed by atoms with van der Waals surface area (Å²) < 4.78 is 33.8. The van der Waals surface area contributed by atoms with E-state index >= 15 is 0 Å². The molecule has 0 aliphatic heterocycles. The summed E-state index contributed by atoms with van der Waals surface area (Å²) in [5, 5.41) is 27.9. The molecule has 1 aromatic heterocycles. The van der Waals surface area contributed by atoms with Gasteiger partial charge in [0.15, 0.2) is 11.6 Å². The number of nitrogens with one attached hydrogen (secondary N) is 2. The second-order valence-corrected chi connectivity index (χ2v) is 9.25. The third-order valence-electron chi connectivity index (χ3n) is 5.56. The topological polar surface area (TPSA) is 142 Å². The molecule has 0 spiro atoms. The number of ether oxygens (including phenoxy) is 1. The first-order valence-electron chi connectivity index (χ1n) is 11.5. The Hall–Kier alpha value is -4.17. The van der Waals surface area contributed by atoms with E-state index < -0.39 is 22.2 Å². The van der Waals surface area contributed by atoms with Gasteiger partial charge in [0.25, 0.3) is 5.69 Å². The average Bonchev–Trinajstić information content (AvgIpc) is 2.84. The van der Waals surface area contributed by atoms with Gasteiger partial charge in [-0.1, -0.05) is 0 Å². The lowest BCUT2D eigenvalue weighted by Crippen LogP contribution is -2.29. The molecule has 12 nitrogen and oxygen atoms in total.